The van der Waals surface area contributed by atoms with Gasteiger partial charge in [0.15, 0.2) is 0 Å². The Bertz CT molecular complexity index is 655. The molecule has 0 saturated carbocycles. The van der Waals surface area contributed by atoms with E-state index in [1.54, 1.807) is 13.8 Å². The lowest BCUT2D eigenvalue weighted by molar-refractivity contribution is 0.0610. The number of rotatable bonds is 4. The number of sulfonamides is 1. The molecule has 22 heavy (non-hydrogen) atoms. The lowest BCUT2D eigenvalue weighted by Crippen LogP contribution is -2.47. The van der Waals surface area contributed by atoms with Gasteiger partial charge in [0.25, 0.3) is 5.91 Å². The molecule has 1 amide bonds. The maximum atomic E-state index is 13.9. The minimum atomic E-state index is -3.99. The van der Waals surface area contributed by atoms with E-state index in [4.69, 9.17) is 0 Å². The molecule has 1 heterocycles. The molecule has 8 heteroatoms. The summed E-state index contributed by atoms with van der Waals surface area (Å²) in [5.41, 5.74) is 3.09. The number of hydrogen-bond donors (Lipinski definition) is 2. The highest BCUT2D eigenvalue weighted by molar-refractivity contribution is 7.89. The summed E-state index contributed by atoms with van der Waals surface area (Å²) < 4.78 is 40.4. The van der Waals surface area contributed by atoms with Crippen LogP contribution in [0.5, 0.6) is 0 Å². The van der Waals surface area contributed by atoms with Gasteiger partial charge in [-0.25, -0.2) is 23.0 Å². The molecule has 0 radical (unpaired) electrons. The minimum absolute atomic E-state index is 0.139. The Kier molecular flexibility index (Phi) is 5.15. The first-order chi connectivity index (χ1) is 10.3. The van der Waals surface area contributed by atoms with Crippen molar-refractivity contribution in [3.8, 4) is 0 Å². The van der Waals surface area contributed by atoms with Crippen molar-refractivity contribution >= 4 is 15.9 Å². The van der Waals surface area contributed by atoms with Gasteiger partial charge < -0.3 is 0 Å². The highest BCUT2D eigenvalue weighted by Crippen LogP contribution is 2.18. The van der Waals surface area contributed by atoms with Crippen molar-refractivity contribution in [2.45, 2.75) is 37.6 Å². The van der Waals surface area contributed by atoms with E-state index in [9.17, 15) is 17.6 Å². The fourth-order valence-corrected chi connectivity index (χ4v) is 3.59. The summed E-state index contributed by atoms with van der Waals surface area (Å²) >= 11 is 0. The molecule has 0 aliphatic carbocycles. The number of nitrogens with zero attached hydrogens (tertiary/aromatic N) is 1. The van der Waals surface area contributed by atoms with Crippen LogP contribution in [0, 0.1) is 5.82 Å². The quantitative estimate of drug-likeness (QED) is 0.871. The Morgan fingerprint density at radius 1 is 1.36 bits per heavy atom. The molecule has 0 atom stereocenters. The molecule has 2 rings (SSSR count). The highest BCUT2D eigenvalue weighted by Gasteiger charge is 2.24. The number of hydrogen-bond acceptors (Lipinski definition) is 4. The van der Waals surface area contributed by atoms with Gasteiger partial charge >= 0.3 is 0 Å². The number of carbonyl (C=O) groups is 1. The van der Waals surface area contributed by atoms with Gasteiger partial charge in [-0.3, -0.25) is 9.80 Å². The average Bonchev–Trinajstić information content (AvgIpc) is 2.46. The molecule has 2 N–H and O–H groups in total. The largest absolute Gasteiger partial charge is 0.274 e. The van der Waals surface area contributed by atoms with Crippen LogP contribution >= 0.6 is 0 Å². The van der Waals surface area contributed by atoms with E-state index in [1.807, 2.05) is 0 Å². The molecular formula is C14H20FN3O3S. The fraction of sp³-hybridized carbons (Fsp3) is 0.500. The monoisotopic (exact) mass is 329 g/mol. The molecular weight excluding hydrogens is 309 g/mol. The van der Waals surface area contributed by atoms with E-state index in [0.717, 1.165) is 25.0 Å². The average molecular weight is 329 g/mol. The smallest absolute Gasteiger partial charge is 0.268 e. The molecule has 122 valence electrons. The summed E-state index contributed by atoms with van der Waals surface area (Å²) in [6.45, 7) is 4.51. The SMILES string of the molecule is CC(C)NS(=O)(=O)c1cc(C(=O)N2CCCCN2)ccc1F. The molecule has 1 saturated heterocycles. The second-order valence-corrected chi connectivity index (χ2v) is 7.18. The maximum Gasteiger partial charge on any atom is 0.268 e. The summed E-state index contributed by atoms with van der Waals surface area (Å²) in [5.74, 6) is -1.24. The number of carbonyl (C=O) groups excluding carboxylic acids is 1. The summed E-state index contributed by atoms with van der Waals surface area (Å²) in [6, 6.07) is 3.01. The zero-order valence-corrected chi connectivity index (χ0v) is 13.4. The van der Waals surface area contributed by atoms with Crippen LogP contribution in [0.3, 0.4) is 0 Å². The van der Waals surface area contributed by atoms with Crippen molar-refractivity contribution in [2.24, 2.45) is 0 Å². The van der Waals surface area contributed by atoms with E-state index in [2.05, 4.69) is 10.1 Å². The first-order valence-corrected chi connectivity index (χ1v) is 8.67. The van der Waals surface area contributed by atoms with E-state index in [0.29, 0.717) is 13.1 Å². The number of halogens is 1. The van der Waals surface area contributed by atoms with Crippen molar-refractivity contribution in [1.82, 2.24) is 15.2 Å². The van der Waals surface area contributed by atoms with Gasteiger partial charge in [-0.15, -0.1) is 0 Å². The number of nitrogens with one attached hydrogen (secondary N) is 2. The van der Waals surface area contributed by atoms with Crippen molar-refractivity contribution in [3.05, 3.63) is 29.6 Å². The number of benzene rings is 1. The minimum Gasteiger partial charge on any atom is -0.274 e. The molecule has 0 spiro atoms. The molecule has 1 fully saturated rings. The molecule has 1 aromatic rings. The van der Waals surface area contributed by atoms with Gasteiger partial charge in [0.05, 0.1) is 0 Å². The standard InChI is InChI=1S/C14H20FN3O3S/c1-10(2)17-22(20,21)13-9-11(5-6-12(13)15)14(19)18-8-4-3-7-16-18/h5-6,9-10,16-17H,3-4,7-8H2,1-2H3. The Morgan fingerprint density at radius 2 is 2.09 bits per heavy atom. The van der Waals surface area contributed by atoms with Crippen LogP contribution < -0.4 is 10.1 Å². The van der Waals surface area contributed by atoms with Crippen LogP contribution in [-0.2, 0) is 10.0 Å². The Labute approximate surface area is 129 Å². The second kappa shape index (κ2) is 6.72. The number of hydrazine groups is 1. The first-order valence-electron chi connectivity index (χ1n) is 7.18. The van der Waals surface area contributed by atoms with E-state index < -0.39 is 20.7 Å². The zero-order valence-electron chi connectivity index (χ0n) is 12.6. The molecule has 0 aromatic heterocycles. The molecule has 6 nitrogen and oxygen atoms in total. The van der Waals surface area contributed by atoms with Crippen LogP contribution in [0.1, 0.15) is 37.0 Å². The van der Waals surface area contributed by atoms with Crippen LogP contribution in [0.2, 0.25) is 0 Å². The summed E-state index contributed by atoms with van der Waals surface area (Å²) in [5, 5.41) is 1.43. The lowest BCUT2D eigenvalue weighted by atomic mass is 10.2. The van der Waals surface area contributed by atoms with Crippen LogP contribution in [0.25, 0.3) is 0 Å². The Balaban J connectivity index is 2.32. The normalized spacial score (nSPS) is 16.1. The maximum absolute atomic E-state index is 13.9. The third-order valence-electron chi connectivity index (χ3n) is 3.21. The fourth-order valence-electron chi connectivity index (χ4n) is 2.23. The van der Waals surface area contributed by atoms with E-state index in [-0.39, 0.29) is 17.5 Å². The molecule has 0 bridgehead atoms. The zero-order chi connectivity index (χ0) is 16.3. The highest BCUT2D eigenvalue weighted by atomic mass is 32.2. The van der Waals surface area contributed by atoms with Gasteiger partial charge in [0.2, 0.25) is 10.0 Å². The summed E-state index contributed by atoms with van der Waals surface area (Å²) in [4.78, 5) is 11.8. The summed E-state index contributed by atoms with van der Waals surface area (Å²) in [6.07, 6.45) is 1.85. The van der Waals surface area contributed by atoms with Crippen molar-refractivity contribution in [2.75, 3.05) is 13.1 Å². The lowest BCUT2D eigenvalue weighted by Gasteiger charge is -2.27. The van der Waals surface area contributed by atoms with Gasteiger partial charge in [-0.1, -0.05) is 0 Å². The molecule has 1 aliphatic rings. The van der Waals surface area contributed by atoms with E-state index in [1.165, 1.54) is 11.1 Å². The second-order valence-electron chi connectivity index (χ2n) is 5.49. The first kappa shape index (κ1) is 16.9. The molecule has 1 aromatic carbocycles. The van der Waals surface area contributed by atoms with Crippen molar-refractivity contribution < 1.29 is 17.6 Å². The third kappa shape index (κ3) is 3.82. The Morgan fingerprint density at radius 3 is 2.68 bits per heavy atom. The third-order valence-corrected chi connectivity index (χ3v) is 4.89. The topological polar surface area (TPSA) is 78.5 Å². The van der Waals surface area contributed by atoms with Crippen molar-refractivity contribution in [3.63, 3.8) is 0 Å². The van der Waals surface area contributed by atoms with Crippen molar-refractivity contribution in [1.29, 1.82) is 0 Å². The predicted octanol–water partition coefficient (Wildman–Crippen LogP) is 1.25. The predicted molar refractivity (Wildman–Crippen MR) is 80.1 cm³/mol. The molecule has 0 unspecified atom stereocenters. The van der Waals surface area contributed by atoms with Crippen LogP contribution in [-0.4, -0.2) is 38.5 Å². The van der Waals surface area contributed by atoms with Crippen LogP contribution in [0.4, 0.5) is 4.39 Å². The van der Waals surface area contributed by atoms with Gasteiger partial charge in [0, 0.05) is 24.7 Å². The molecule has 1 aliphatic heterocycles. The number of amides is 1. The van der Waals surface area contributed by atoms with Crippen LogP contribution in [0.15, 0.2) is 23.1 Å². The van der Waals surface area contributed by atoms with Gasteiger partial charge in [0.1, 0.15) is 10.7 Å². The summed E-state index contributed by atoms with van der Waals surface area (Å²) in [7, 11) is -3.99. The van der Waals surface area contributed by atoms with E-state index >= 15 is 0 Å². The van der Waals surface area contributed by atoms with Gasteiger partial charge in [-0.2, -0.15) is 0 Å². The van der Waals surface area contributed by atoms with Gasteiger partial charge in [-0.05, 0) is 44.9 Å². The Hall–Kier alpha value is -1.51.